The Morgan fingerprint density at radius 2 is 1.81 bits per heavy atom. The molecule has 3 saturated carbocycles. The van der Waals surface area contributed by atoms with Crippen molar-refractivity contribution in [3.05, 3.63) is 48.0 Å². The molecule has 1 unspecified atom stereocenters. The molecule has 0 radical (unpaired) electrons. The number of aliphatic hydroxyl groups is 4. The molecule has 7 fully saturated rings. The van der Waals surface area contributed by atoms with Crippen LogP contribution >= 0.6 is 0 Å². The summed E-state index contributed by atoms with van der Waals surface area (Å²) in [5.41, 5.74) is -5.55. The number of hydrogen-bond acceptors (Lipinski definition) is 11. The lowest BCUT2D eigenvalue weighted by Crippen LogP contribution is -2.74. The van der Waals surface area contributed by atoms with Crippen LogP contribution in [0.4, 0.5) is 0 Å². The van der Waals surface area contributed by atoms with Gasteiger partial charge in [0.15, 0.2) is 11.4 Å². The van der Waals surface area contributed by atoms with E-state index in [1.54, 1.807) is 31.2 Å². The highest BCUT2D eigenvalue weighted by Crippen LogP contribution is 2.75. The molecule has 1 aromatic carbocycles. The average molecular weight is 669 g/mol. The minimum atomic E-state index is -2.39. The molecule has 3 aliphatic carbocycles. The fraction of sp³-hybridized carbons (Fsp3) is 0.730. The van der Waals surface area contributed by atoms with Gasteiger partial charge in [-0.3, -0.25) is 4.79 Å². The summed E-state index contributed by atoms with van der Waals surface area (Å²) in [4.78, 5) is 28.0. The third kappa shape index (κ3) is 4.10. The van der Waals surface area contributed by atoms with E-state index in [2.05, 4.69) is 6.58 Å². The van der Waals surface area contributed by atoms with Crippen molar-refractivity contribution in [2.45, 2.75) is 119 Å². The number of epoxide rings is 1. The largest absolute Gasteiger partial charge is 0.462 e. The number of aliphatic hydroxyl groups excluding tert-OH is 3. The molecule has 7 aliphatic rings. The Hall–Kier alpha value is -2.22. The van der Waals surface area contributed by atoms with Gasteiger partial charge >= 0.3 is 5.97 Å². The molecule has 262 valence electrons. The zero-order chi connectivity index (χ0) is 34.0. The molecule has 4 heterocycles. The van der Waals surface area contributed by atoms with Gasteiger partial charge < -0.3 is 44.1 Å². The second-order valence-electron chi connectivity index (χ2n) is 15.9. The SMILES string of the molecule is C=C(C)[C@]12C[C@@H](COC(=O)c3ccccc3)[C@@]34OC5(CCCCC[C@@H](O)C[C@@H](C)[C@H]6[C@H](C)C(=O)[C@@](O)([C@H](O)[C@@]7(CO)O[C@H]7[C@H]3[C@H]1O5)[C@@H]64)O2. The highest BCUT2D eigenvalue weighted by Gasteiger charge is 2.90. The van der Waals surface area contributed by atoms with Crippen LogP contribution in [0.15, 0.2) is 42.5 Å². The number of esters is 1. The number of fused-ring (bicyclic) bond motifs is 1. The van der Waals surface area contributed by atoms with Gasteiger partial charge in [-0.2, -0.15) is 0 Å². The molecule has 4 aliphatic heterocycles. The fourth-order valence-electron chi connectivity index (χ4n) is 11.3. The Morgan fingerprint density at radius 1 is 1.06 bits per heavy atom. The Bertz CT molecular complexity index is 1500. The lowest BCUT2D eigenvalue weighted by atomic mass is 9.51. The number of carbonyl (C=O) groups excluding carboxylic acids is 2. The molecule has 4 saturated heterocycles. The normalized spacial score (nSPS) is 51.9. The van der Waals surface area contributed by atoms with Crippen molar-refractivity contribution in [2.24, 2.45) is 35.5 Å². The van der Waals surface area contributed by atoms with Crippen LogP contribution in [0.5, 0.6) is 0 Å². The minimum Gasteiger partial charge on any atom is -0.462 e. The predicted octanol–water partition coefficient (Wildman–Crippen LogP) is 2.67. The maximum absolute atomic E-state index is 14.6. The highest BCUT2D eigenvalue weighted by molar-refractivity contribution is 5.94. The van der Waals surface area contributed by atoms with E-state index in [1.165, 1.54) is 0 Å². The van der Waals surface area contributed by atoms with E-state index >= 15 is 0 Å². The average Bonchev–Trinajstić information content (AvgIpc) is 3.71. The number of benzene rings is 1. The second kappa shape index (κ2) is 10.9. The summed E-state index contributed by atoms with van der Waals surface area (Å²) in [7, 11) is 0. The van der Waals surface area contributed by atoms with Gasteiger partial charge in [0.25, 0.3) is 5.97 Å². The van der Waals surface area contributed by atoms with Crippen molar-refractivity contribution >= 4 is 11.8 Å². The molecule has 8 rings (SSSR count). The Balaban J connectivity index is 1.36. The summed E-state index contributed by atoms with van der Waals surface area (Å²) in [5, 5.41) is 47.2. The first kappa shape index (κ1) is 33.0. The third-order valence-electron chi connectivity index (χ3n) is 13.4. The van der Waals surface area contributed by atoms with Gasteiger partial charge in [-0.25, -0.2) is 4.79 Å². The van der Waals surface area contributed by atoms with Crippen LogP contribution < -0.4 is 0 Å². The smallest absolute Gasteiger partial charge is 0.338 e. The Labute approximate surface area is 280 Å². The molecule has 2 spiro atoms. The van der Waals surface area contributed by atoms with Gasteiger partial charge in [0.1, 0.15) is 29.5 Å². The second-order valence-corrected chi connectivity index (χ2v) is 15.9. The van der Waals surface area contributed by atoms with Gasteiger partial charge in [-0.05, 0) is 62.1 Å². The van der Waals surface area contributed by atoms with E-state index in [0.717, 1.165) is 12.8 Å². The molecular weight excluding hydrogens is 620 g/mol. The first-order chi connectivity index (χ1) is 22.8. The standard InChI is InChI=1S/C37H48O11/c1-19(2)33-16-23(17-44-31(41)22-11-7-5-8-12-22)37-26-29(33)46-35(47-33,48-37)14-10-6-9-13-24(39)15-20(3)25-21(4)28(40)36(43,27(25)37)32(42)34(18-38)30(26)45-34/h5,7-8,11-12,20-21,23-27,29-30,32,38-39,42-43H,1,6,9-10,13-18H2,2-4H3/t20-,21+,23+,24-,25+,26-,27-,29-,30+,32-,33-,34+,35?,36-,37-/m1/s1. The molecule has 4 N–H and O–H groups in total. The summed E-state index contributed by atoms with van der Waals surface area (Å²) in [5.74, 6) is -6.66. The van der Waals surface area contributed by atoms with Crippen LogP contribution in [0.2, 0.25) is 0 Å². The molecule has 0 amide bonds. The molecule has 15 atom stereocenters. The fourth-order valence-corrected chi connectivity index (χ4v) is 11.3. The van der Waals surface area contributed by atoms with Gasteiger partial charge in [-0.1, -0.05) is 51.5 Å². The van der Waals surface area contributed by atoms with Crippen molar-refractivity contribution < 1.29 is 53.7 Å². The molecule has 0 aromatic heterocycles. The lowest BCUT2D eigenvalue weighted by molar-refractivity contribution is -0.438. The first-order valence-electron chi connectivity index (χ1n) is 17.7. The van der Waals surface area contributed by atoms with E-state index < -0.39 is 101 Å². The van der Waals surface area contributed by atoms with Gasteiger partial charge in [-0.15, -0.1) is 0 Å². The number of rotatable bonds is 5. The number of hydrogen-bond donors (Lipinski definition) is 4. The van der Waals surface area contributed by atoms with Gasteiger partial charge in [0.2, 0.25) is 0 Å². The summed E-state index contributed by atoms with van der Waals surface area (Å²) >= 11 is 0. The van der Waals surface area contributed by atoms with Crippen molar-refractivity contribution in [1.29, 1.82) is 0 Å². The van der Waals surface area contributed by atoms with E-state index in [9.17, 15) is 30.0 Å². The topological polar surface area (TPSA) is 165 Å². The van der Waals surface area contributed by atoms with E-state index in [-0.39, 0.29) is 18.9 Å². The Morgan fingerprint density at radius 3 is 2.52 bits per heavy atom. The molecular formula is C37H48O11. The van der Waals surface area contributed by atoms with E-state index in [4.69, 9.17) is 23.7 Å². The number of Topliss-reactive ketones (excluding diaryl/α,β-unsaturated/α-hetero) is 1. The zero-order valence-electron chi connectivity index (χ0n) is 27.9. The maximum atomic E-state index is 14.6. The van der Waals surface area contributed by atoms with Gasteiger partial charge in [0.05, 0.1) is 30.5 Å². The zero-order valence-corrected chi connectivity index (χ0v) is 27.9. The van der Waals surface area contributed by atoms with Crippen molar-refractivity contribution in [2.75, 3.05) is 13.2 Å². The highest BCUT2D eigenvalue weighted by atomic mass is 16.9. The van der Waals surface area contributed by atoms with Crippen molar-refractivity contribution in [1.82, 2.24) is 0 Å². The van der Waals surface area contributed by atoms with Crippen LogP contribution in [0, 0.1) is 35.5 Å². The molecule has 3 bridgehead atoms. The molecule has 11 heteroatoms. The summed E-state index contributed by atoms with van der Waals surface area (Å²) < 4.78 is 33.5. The van der Waals surface area contributed by atoms with Crippen LogP contribution in [0.25, 0.3) is 0 Å². The Kier molecular flexibility index (Phi) is 7.48. The number of carbonyl (C=O) groups is 2. The van der Waals surface area contributed by atoms with Crippen LogP contribution in [-0.2, 0) is 28.5 Å². The predicted molar refractivity (Wildman–Crippen MR) is 168 cm³/mol. The molecule has 1 aromatic rings. The van der Waals surface area contributed by atoms with Crippen molar-refractivity contribution in [3.63, 3.8) is 0 Å². The molecule has 48 heavy (non-hydrogen) atoms. The van der Waals surface area contributed by atoms with Crippen LogP contribution in [-0.4, -0.2) is 98.2 Å². The van der Waals surface area contributed by atoms with Crippen molar-refractivity contribution in [3.8, 4) is 0 Å². The maximum Gasteiger partial charge on any atom is 0.338 e. The number of ketones is 1. The quantitative estimate of drug-likeness (QED) is 0.207. The van der Waals surface area contributed by atoms with Crippen LogP contribution in [0.1, 0.15) is 76.1 Å². The van der Waals surface area contributed by atoms with Crippen LogP contribution in [0.3, 0.4) is 0 Å². The van der Waals surface area contributed by atoms with E-state index in [1.807, 2.05) is 19.9 Å². The third-order valence-corrected chi connectivity index (χ3v) is 13.4. The summed E-state index contributed by atoms with van der Waals surface area (Å²) in [6.07, 6.45) is -0.169. The lowest BCUT2D eigenvalue weighted by Gasteiger charge is -2.61. The monoisotopic (exact) mass is 668 g/mol. The minimum absolute atomic E-state index is 0.140. The first-order valence-corrected chi connectivity index (χ1v) is 17.7. The summed E-state index contributed by atoms with van der Waals surface area (Å²) in [6.45, 7) is 9.20. The number of ether oxygens (including phenoxy) is 5. The molecule has 11 nitrogen and oxygen atoms in total. The van der Waals surface area contributed by atoms with E-state index in [0.29, 0.717) is 36.8 Å². The summed E-state index contributed by atoms with van der Waals surface area (Å²) in [6, 6.07) is 8.67. The van der Waals surface area contributed by atoms with Gasteiger partial charge in [0, 0.05) is 30.1 Å².